The van der Waals surface area contributed by atoms with Gasteiger partial charge in [0.1, 0.15) is 11.9 Å². The summed E-state index contributed by atoms with van der Waals surface area (Å²) in [4.78, 5) is 16.6. The lowest BCUT2D eigenvalue weighted by Crippen LogP contribution is -1.91. The minimum atomic E-state index is -0.477. The highest BCUT2D eigenvalue weighted by molar-refractivity contribution is 5.02. The maximum absolute atomic E-state index is 10.0. The van der Waals surface area contributed by atoms with Crippen molar-refractivity contribution in [3.8, 4) is 0 Å². The van der Waals surface area contributed by atoms with E-state index in [9.17, 15) is 4.91 Å². The molecule has 0 saturated heterocycles. The first-order chi connectivity index (χ1) is 5.27. The third-order valence-electron chi connectivity index (χ3n) is 1.37. The summed E-state index contributed by atoms with van der Waals surface area (Å²) in [5.41, 5.74) is 0.593. The molecule has 0 bridgehead atoms. The molecule has 1 aromatic rings. The molecule has 0 spiro atoms. The van der Waals surface area contributed by atoms with Crippen LogP contribution < -0.4 is 0 Å². The maximum atomic E-state index is 10.0. The van der Waals surface area contributed by atoms with E-state index in [-0.39, 0.29) is 6.61 Å². The summed E-state index contributed by atoms with van der Waals surface area (Å²) in [5, 5.41) is 11.4. The number of nitrogens with one attached hydrogen (secondary N) is 1. The first-order valence-corrected chi connectivity index (χ1v) is 3.25. The van der Waals surface area contributed by atoms with Gasteiger partial charge in [0.2, 0.25) is 0 Å². The van der Waals surface area contributed by atoms with Crippen LogP contribution in [0, 0.1) is 4.91 Å². The second-order valence-corrected chi connectivity index (χ2v) is 2.23. The third-order valence-corrected chi connectivity index (χ3v) is 1.37. The van der Waals surface area contributed by atoms with Gasteiger partial charge in [0.15, 0.2) is 0 Å². The number of hydrogen-bond donors (Lipinski definition) is 2. The van der Waals surface area contributed by atoms with Gasteiger partial charge in [0.05, 0.1) is 18.5 Å². The molecular formula is C6H9N3O2. The lowest BCUT2D eigenvalue weighted by atomic mass is 10.3. The monoisotopic (exact) mass is 155 g/mol. The normalized spacial score (nSPS) is 12.9. The number of rotatable bonds is 3. The first-order valence-electron chi connectivity index (χ1n) is 3.25. The fraction of sp³-hybridized carbons (Fsp3) is 0.500. The van der Waals surface area contributed by atoms with E-state index >= 15 is 0 Å². The Morgan fingerprint density at radius 2 is 2.64 bits per heavy atom. The molecule has 2 N–H and O–H groups in total. The zero-order valence-electron chi connectivity index (χ0n) is 6.11. The van der Waals surface area contributed by atoms with Crippen molar-refractivity contribution in [1.82, 2.24) is 9.97 Å². The fourth-order valence-electron chi connectivity index (χ4n) is 0.719. The van der Waals surface area contributed by atoms with Crippen LogP contribution in [0.5, 0.6) is 0 Å². The SMILES string of the molecule is CC(N=O)c1ncc(CO)[nH]1. The number of H-pyrrole nitrogens is 1. The van der Waals surface area contributed by atoms with Gasteiger partial charge in [-0.25, -0.2) is 4.98 Å². The minimum Gasteiger partial charge on any atom is -0.390 e. The van der Waals surface area contributed by atoms with Crippen molar-refractivity contribution < 1.29 is 5.11 Å². The van der Waals surface area contributed by atoms with Crippen molar-refractivity contribution >= 4 is 0 Å². The smallest absolute Gasteiger partial charge is 0.147 e. The van der Waals surface area contributed by atoms with Crippen LogP contribution in [-0.4, -0.2) is 15.1 Å². The summed E-state index contributed by atoms with van der Waals surface area (Å²) in [6.07, 6.45) is 1.48. The number of nitrogens with zero attached hydrogens (tertiary/aromatic N) is 2. The molecular weight excluding hydrogens is 146 g/mol. The highest BCUT2D eigenvalue weighted by Crippen LogP contribution is 2.11. The Kier molecular flexibility index (Phi) is 2.32. The Hall–Kier alpha value is -1.23. The number of aromatic nitrogens is 2. The van der Waals surface area contributed by atoms with Crippen molar-refractivity contribution in [1.29, 1.82) is 0 Å². The van der Waals surface area contributed by atoms with Gasteiger partial charge in [0.25, 0.3) is 0 Å². The summed E-state index contributed by atoms with van der Waals surface area (Å²) in [7, 11) is 0. The van der Waals surface area contributed by atoms with Gasteiger partial charge < -0.3 is 10.1 Å². The van der Waals surface area contributed by atoms with E-state index in [2.05, 4.69) is 15.1 Å². The van der Waals surface area contributed by atoms with E-state index in [1.165, 1.54) is 6.20 Å². The lowest BCUT2D eigenvalue weighted by Gasteiger charge is -1.94. The lowest BCUT2D eigenvalue weighted by molar-refractivity contribution is 0.277. The Labute approximate surface area is 63.4 Å². The molecule has 60 valence electrons. The first kappa shape index (κ1) is 7.87. The van der Waals surface area contributed by atoms with Crippen LogP contribution in [0.2, 0.25) is 0 Å². The molecule has 0 aromatic carbocycles. The van der Waals surface area contributed by atoms with E-state index in [1.807, 2.05) is 0 Å². The van der Waals surface area contributed by atoms with Gasteiger partial charge in [0, 0.05) is 0 Å². The highest BCUT2D eigenvalue weighted by Gasteiger charge is 2.08. The van der Waals surface area contributed by atoms with Gasteiger partial charge in [-0.15, -0.1) is 0 Å². The van der Waals surface area contributed by atoms with E-state index in [0.717, 1.165) is 0 Å². The molecule has 5 heteroatoms. The predicted octanol–water partition coefficient (Wildman–Crippen LogP) is 0.729. The van der Waals surface area contributed by atoms with E-state index < -0.39 is 6.04 Å². The second-order valence-electron chi connectivity index (χ2n) is 2.23. The Morgan fingerprint density at radius 3 is 3.09 bits per heavy atom. The molecule has 11 heavy (non-hydrogen) atoms. The predicted molar refractivity (Wildman–Crippen MR) is 38.7 cm³/mol. The molecule has 5 nitrogen and oxygen atoms in total. The molecule has 0 fully saturated rings. The number of aliphatic hydroxyl groups is 1. The molecule has 1 rings (SSSR count). The van der Waals surface area contributed by atoms with Crippen molar-refractivity contribution in [3.63, 3.8) is 0 Å². The van der Waals surface area contributed by atoms with Crippen LogP contribution in [0.4, 0.5) is 0 Å². The number of hydrogen-bond acceptors (Lipinski definition) is 4. The number of nitroso groups, excluding NO2 is 1. The van der Waals surface area contributed by atoms with E-state index in [0.29, 0.717) is 11.5 Å². The van der Waals surface area contributed by atoms with E-state index in [4.69, 9.17) is 5.11 Å². The number of aliphatic hydroxyl groups excluding tert-OH is 1. The minimum absolute atomic E-state index is 0.0986. The molecule has 1 heterocycles. The van der Waals surface area contributed by atoms with E-state index in [1.54, 1.807) is 6.92 Å². The van der Waals surface area contributed by atoms with Gasteiger partial charge in [-0.05, 0) is 6.92 Å². The number of aromatic amines is 1. The van der Waals surface area contributed by atoms with Crippen LogP contribution in [0.25, 0.3) is 0 Å². The van der Waals surface area contributed by atoms with Gasteiger partial charge >= 0.3 is 0 Å². The number of imidazole rings is 1. The Balaban J connectivity index is 2.79. The van der Waals surface area contributed by atoms with Crippen LogP contribution >= 0.6 is 0 Å². The topological polar surface area (TPSA) is 78.3 Å². The zero-order chi connectivity index (χ0) is 8.27. The summed E-state index contributed by atoms with van der Waals surface area (Å²) in [6.45, 7) is 1.53. The molecule has 1 atom stereocenters. The van der Waals surface area contributed by atoms with Crippen molar-refractivity contribution in [2.24, 2.45) is 5.18 Å². The van der Waals surface area contributed by atoms with Crippen molar-refractivity contribution in [3.05, 3.63) is 22.6 Å². The van der Waals surface area contributed by atoms with Crippen LogP contribution in [0.15, 0.2) is 11.4 Å². The average molecular weight is 155 g/mol. The van der Waals surface area contributed by atoms with Gasteiger partial charge in [-0.1, -0.05) is 5.18 Å². The van der Waals surface area contributed by atoms with Crippen LogP contribution in [0.3, 0.4) is 0 Å². The van der Waals surface area contributed by atoms with Crippen LogP contribution in [0.1, 0.15) is 24.5 Å². The summed E-state index contributed by atoms with van der Waals surface area (Å²) >= 11 is 0. The maximum Gasteiger partial charge on any atom is 0.147 e. The average Bonchev–Trinajstić information content (AvgIpc) is 2.50. The standard InChI is InChI=1S/C6H9N3O2/c1-4(9-11)6-7-2-5(3-10)8-6/h2,4,10H,3H2,1H3,(H,7,8). The van der Waals surface area contributed by atoms with Gasteiger partial charge in [-0.2, -0.15) is 4.91 Å². The largest absolute Gasteiger partial charge is 0.390 e. The summed E-state index contributed by atoms with van der Waals surface area (Å²) in [5.74, 6) is 0.490. The van der Waals surface area contributed by atoms with Crippen LogP contribution in [-0.2, 0) is 6.61 Å². The fourth-order valence-corrected chi connectivity index (χ4v) is 0.719. The van der Waals surface area contributed by atoms with Crippen molar-refractivity contribution in [2.75, 3.05) is 0 Å². The molecule has 1 aromatic heterocycles. The summed E-state index contributed by atoms with van der Waals surface area (Å²) < 4.78 is 0. The second kappa shape index (κ2) is 3.25. The molecule has 0 aliphatic heterocycles. The van der Waals surface area contributed by atoms with Gasteiger partial charge in [-0.3, -0.25) is 0 Å². The molecule has 0 aliphatic carbocycles. The Morgan fingerprint density at radius 1 is 1.91 bits per heavy atom. The molecule has 0 amide bonds. The molecule has 1 unspecified atom stereocenters. The quantitative estimate of drug-likeness (QED) is 0.631. The van der Waals surface area contributed by atoms with Crippen molar-refractivity contribution in [2.45, 2.75) is 19.6 Å². The Bertz CT molecular complexity index is 246. The third kappa shape index (κ3) is 1.62. The molecule has 0 aliphatic rings. The zero-order valence-corrected chi connectivity index (χ0v) is 6.11. The summed E-state index contributed by atoms with van der Waals surface area (Å²) in [6, 6.07) is -0.477. The molecule has 0 saturated carbocycles. The highest BCUT2D eigenvalue weighted by atomic mass is 16.3. The molecule has 0 radical (unpaired) electrons.